The number of nitrogens with one attached hydrogen (secondary N) is 1. The quantitative estimate of drug-likeness (QED) is 0.510. The predicted octanol–water partition coefficient (Wildman–Crippen LogP) is 1.21. The molecule has 0 aliphatic carbocycles. The summed E-state index contributed by atoms with van der Waals surface area (Å²) >= 11 is 0. The fourth-order valence-corrected chi connectivity index (χ4v) is 1.93. The van der Waals surface area contributed by atoms with Crippen LogP contribution in [0.3, 0.4) is 0 Å². The number of hydrogen-bond acceptors (Lipinski definition) is 5. The van der Waals surface area contributed by atoms with E-state index in [1.165, 1.54) is 7.11 Å². The number of carbonyl (C=O) groups excluding carboxylic acids is 2. The van der Waals surface area contributed by atoms with Crippen LogP contribution in [0.1, 0.15) is 32.6 Å². The second kappa shape index (κ2) is 10.8. The highest BCUT2D eigenvalue weighted by Gasteiger charge is 2.22. The lowest BCUT2D eigenvalue weighted by Crippen LogP contribution is -2.42. The molecule has 0 saturated heterocycles. The Morgan fingerprint density at radius 1 is 1.32 bits per heavy atom. The van der Waals surface area contributed by atoms with Gasteiger partial charge in [-0.3, -0.25) is 4.21 Å². The summed E-state index contributed by atoms with van der Waals surface area (Å²) < 4.78 is 20.6. The summed E-state index contributed by atoms with van der Waals surface area (Å²) in [6, 6.07) is -0.807. The molecule has 7 heteroatoms. The number of hydrogen-bond donors (Lipinski definition) is 1. The van der Waals surface area contributed by atoms with E-state index in [0.717, 1.165) is 19.3 Å². The topological polar surface area (TPSA) is 81.7 Å². The van der Waals surface area contributed by atoms with Crippen molar-refractivity contribution in [3.63, 3.8) is 0 Å². The molecule has 1 amide bonds. The Morgan fingerprint density at radius 2 is 2.00 bits per heavy atom. The van der Waals surface area contributed by atoms with E-state index >= 15 is 0 Å². The van der Waals surface area contributed by atoms with Crippen molar-refractivity contribution in [1.82, 2.24) is 5.32 Å². The number of esters is 1. The van der Waals surface area contributed by atoms with Crippen molar-refractivity contribution >= 4 is 22.9 Å². The molecule has 1 N–H and O–H groups in total. The maximum atomic E-state index is 11.8. The summed E-state index contributed by atoms with van der Waals surface area (Å²) in [5.41, 5.74) is 0. The molecule has 0 rings (SSSR count). The Bertz CT molecular complexity index is 308. The van der Waals surface area contributed by atoms with Crippen LogP contribution in [0.4, 0.5) is 4.79 Å². The second-order valence-corrected chi connectivity index (χ2v) is 5.68. The van der Waals surface area contributed by atoms with Gasteiger partial charge in [-0.05, 0) is 12.8 Å². The lowest BCUT2D eigenvalue weighted by Gasteiger charge is -2.16. The van der Waals surface area contributed by atoms with Gasteiger partial charge in [-0.2, -0.15) is 0 Å². The van der Waals surface area contributed by atoms with Crippen LogP contribution in [-0.4, -0.2) is 48.0 Å². The molecule has 0 aromatic carbocycles. The molecular formula is C12H23NO5S. The molecule has 0 saturated carbocycles. The van der Waals surface area contributed by atoms with E-state index in [1.54, 1.807) is 6.26 Å². The molecule has 6 nitrogen and oxygen atoms in total. The number of amides is 1. The standard InChI is InChI=1S/C12H23NO5S/c1-4-5-6-8-18-11(14)10(7-9-19(3)16)13-12(15)17-2/h10H,4-9H2,1-3H3,(H,13,15)/t10-,19?/m0/s1. The zero-order valence-electron chi connectivity index (χ0n) is 11.8. The summed E-state index contributed by atoms with van der Waals surface area (Å²) in [6.45, 7) is 2.39. The Hall–Kier alpha value is -1.11. The highest BCUT2D eigenvalue weighted by molar-refractivity contribution is 7.84. The van der Waals surface area contributed by atoms with Gasteiger partial charge in [0.2, 0.25) is 0 Å². The van der Waals surface area contributed by atoms with Gasteiger partial charge in [-0.15, -0.1) is 0 Å². The van der Waals surface area contributed by atoms with E-state index in [0.29, 0.717) is 12.4 Å². The van der Waals surface area contributed by atoms with E-state index in [9.17, 15) is 13.8 Å². The van der Waals surface area contributed by atoms with Gasteiger partial charge >= 0.3 is 12.1 Å². The van der Waals surface area contributed by atoms with Crippen molar-refractivity contribution in [2.24, 2.45) is 0 Å². The molecule has 19 heavy (non-hydrogen) atoms. The smallest absolute Gasteiger partial charge is 0.407 e. The van der Waals surface area contributed by atoms with E-state index in [4.69, 9.17) is 4.74 Å². The van der Waals surface area contributed by atoms with Gasteiger partial charge < -0.3 is 14.8 Å². The Labute approximate surface area is 116 Å². The van der Waals surface area contributed by atoms with E-state index in [-0.39, 0.29) is 6.42 Å². The Morgan fingerprint density at radius 3 is 2.53 bits per heavy atom. The van der Waals surface area contributed by atoms with Crippen molar-refractivity contribution in [3.05, 3.63) is 0 Å². The van der Waals surface area contributed by atoms with Crippen molar-refractivity contribution in [2.45, 2.75) is 38.6 Å². The highest BCUT2D eigenvalue weighted by atomic mass is 32.2. The molecule has 0 aliphatic rings. The third-order valence-electron chi connectivity index (χ3n) is 2.45. The molecule has 112 valence electrons. The molecule has 0 radical (unpaired) electrons. The van der Waals surface area contributed by atoms with Gasteiger partial charge in [-0.1, -0.05) is 19.8 Å². The lowest BCUT2D eigenvalue weighted by atomic mass is 10.2. The molecule has 0 aromatic rings. The normalized spacial score (nSPS) is 13.4. The molecular weight excluding hydrogens is 270 g/mol. The highest BCUT2D eigenvalue weighted by Crippen LogP contribution is 2.01. The van der Waals surface area contributed by atoms with E-state index < -0.39 is 28.9 Å². The minimum atomic E-state index is -1.03. The van der Waals surface area contributed by atoms with Crippen molar-refractivity contribution < 1.29 is 23.3 Å². The zero-order valence-corrected chi connectivity index (χ0v) is 12.6. The Kier molecular flexibility index (Phi) is 10.1. The summed E-state index contributed by atoms with van der Waals surface area (Å²) in [5.74, 6) is -0.189. The van der Waals surface area contributed by atoms with Crippen LogP contribution in [0.5, 0.6) is 0 Å². The first-order valence-corrected chi connectivity index (χ1v) is 8.05. The fraction of sp³-hybridized carbons (Fsp3) is 0.833. The summed E-state index contributed by atoms with van der Waals surface area (Å²) in [7, 11) is 0.191. The van der Waals surface area contributed by atoms with Crippen molar-refractivity contribution in [2.75, 3.05) is 25.7 Å². The number of unbranched alkanes of at least 4 members (excludes halogenated alkanes) is 2. The number of rotatable bonds is 9. The summed E-state index contributed by atoms with van der Waals surface area (Å²) in [4.78, 5) is 22.9. The van der Waals surface area contributed by atoms with Gasteiger partial charge in [-0.25, -0.2) is 9.59 Å². The zero-order chi connectivity index (χ0) is 14.7. The van der Waals surface area contributed by atoms with Gasteiger partial charge in [0.25, 0.3) is 0 Å². The largest absolute Gasteiger partial charge is 0.464 e. The average Bonchev–Trinajstić information content (AvgIpc) is 2.38. The molecule has 0 heterocycles. The molecule has 2 atom stereocenters. The predicted molar refractivity (Wildman–Crippen MR) is 73.4 cm³/mol. The third-order valence-corrected chi connectivity index (χ3v) is 3.26. The van der Waals surface area contributed by atoms with Gasteiger partial charge in [0.05, 0.1) is 13.7 Å². The average molecular weight is 293 g/mol. The molecule has 0 aromatic heterocycles. The number of ether oxygens (including phenoxy) is 2. The molecule has 0 bridgehead atoms. The first kappa shape index (κ1) is 17.9. The number of alkyl carbamates (subject to hydrolysis) is 1. The van der Waals surface area contributed by atoms with Crippen LogP contribution in [0, 0.1) is 0 Å². The van der Waals surface area contributed by atoms with Crippen LogP contribution < -0.4 is 5.32 Å². The minimum Gasteiger partial charge on any atom is -0.464 e. The van der Waals surface area contributed by atoms with Crippen LogP contribution >= 0.6 is 0 Å². The first-order valence-electron chi connectivity index (χ1n) is 6.32. The Balaban J connectivity index is 4.24. The lowest BCUT2D eigenvalue weighted by molar-refractivity contribution is -0.146. The van der Waals surface area contributed by atoms with Crippen LogP contribution in [0.15, 0.2) is 0 Å². The third kappa shape index (κ3) is 9.47. The number of methoxy groups -OCH3 is 1. The van der Waals surface area contributed by atoms with E-state index in [2.05, 4.69) is 17.0 Å². The molecule has 0 fully saturated rings. The van der Waals surface area contributed by atoms with Crippen LogP contribution in [0.25, 0.3) is 0 Å². The SMILES string of the molecule is CCCCCOC(=O)[C@H](CCS(C)=O)NC(=O)OC. The van der Waals surface area contributed by atoms with E-state index in [1.807, 2.05) is 0 Å². The monoisotopic (exact) mass is 293 g/mol. The summed E-state index contributed by atoms with van der Waals surface area (Å²) in [6.07, 6.45) is 3.94. The number of carbonyl (C=O) groups is 2. The van der Waals surface area contributed by atoms with Crippen molar-refractivity contribution in [3.8, 4) is 0 Å². The second-order valence-electron chi connectivity index (χ2n) is 4.13. The van der Waals surface area contributed by atoms with Crippen LogP contribution in [0.2, 0.25) is 0 Å². The van der Waals surface area contributed by atoms with Gasteiger partial charge in [0.15, 0.2) is 0 Å². The van der Waals surface area contributed by atoms with Gasteiger partial charge in [0.1, 0.15) is 6.04 Å². The molecule has 0 aliphatic heterocycles. The molecule has 0 spiro atoms. The summed E-state index contributed by atoms with van der Waals surface area (Å²) in [5, 5.41) is 2.39. The van der Waals surface area contributed by atoms with Gasteiger partial charge in [0, 0.05) is 22.8 Å². The van der Waals surface area contributed by atoms with Crippen molar-refractivity contribution in [1.29, 1.82) is 0 Å². The van der Waals surface area contributed by atoms with Crippen LogP contribution in [-0.2, 0) is 25.1 Å². The minimum absolute atomic E-state index is 0.269. The molecule has 1 unspecified atom stereocenters. The first-order chi connectivity index (χ1) is 9.01. The maximum Gasteiger partial charge on any atom is 0.407 e. The maximum absolute atomic E-state index is 11.8. The fourth-order valence-electron chi connectivity index (χ4n) is 1.36.